The van der Waals surface area contributed by atoms with E-state index in [9.17, 15) is 9.59 Å². The van der Waals surface area contributed by atoms with Crippen molar-refractivity contribution in [1.29, 1.82) is 0 Å². The van der Waals surface area contributed by atoms with E-state index < -0.39 is 5.60 Å². The van der Waals surface area contributed by atoms with Gasteiger partial charge < -0.3 is 19.9 Å². The first-order valence-corrected chi connectivity index (χ1v) is 9.20. The third-order valence-corrected chi connectivity index (χ3v) is 4.97. The number of carbonyl (C=O) groups excluding carboxylic acids is 2. The van der Waals surface area contributed by atoms with E-state index in [2.05, 4.69) is 5.32 Å². The summed E-state index contributed by atoms with van der Waals surface area (Å²) in [4.78, 5) is 28.3. The van der Waals surface area contributed by atoms with Gasteiger partial charge in [0.25, 0.3) is 0 Å². The molecule has 0 aliphatic carbocycles. The summed E-state index contributed by atoms with van der Waals surface area (Å²) in [7, 11) is 1.80. The molecule has 6 nitrogen and oxygen atoms in total. The molecule has 0 radical (unpaired) electrons. The molecular weight excluding hydrogens is 306 g/mol. The lowest BCUT2D eigenvalue weighted by atomic mass is 9.93. The monoisotopic (exact) mass is 339 g/mol. The fourth-order valence-corrected chi connectivity index (χ4v) is 3.45. The summed E-state index contributed by atoms with van der Waals surface area (Å²) in [5, 5.41) is 3.34. The average molecular weight is 339 g/mol. The average Bonchev–Trinajstić information content (AvgIpc) is 2.53. The Morgan fingerprint density at radius 1 is 1.12 bits per heavy atom. The second-order valence-corrected chi connectivity index (χ2v) is 8.10. The molecule has 2 saturated heterocycles. The summed E-state index contributed by atoms with van der Waals surface area (Å²) in [6, 6.07) is 0.155. The first-order chi connectivity index (χ1) is 11.3. The van der Waals surface area contributed by atoms with Gasteiger partial charge in [-0.25, -0.2) is 4.79 Å². The minimum absolute atomic E-state index is 0.155. The first kappa shape index (κ1) is 19.0. The molecule has 0 atom stereocenters. The predicted molar refractivity (Wildman–Crippen MR) is 93.8 cm³/mol. The van der Waals surface area contributed by atoms with Crippen LogP contribution in [-0.4, -0.2) is 66.7 Å². The third-order valence-electron chi connectivity index (χ3n) is 4.97. The van der Waals surface area contributed by atoms with Crippen molar-refractivity contribution in [3.8, 4) is 0 Å². The van der Waals surface area contributed by atoms with Crippen molar-refractivity contribution in [1.82, 2.24) is 15.1 Å². The molecule has 2 amide bonds. The molecule has 2 aliphatic rings. The largest absolute Gasteiger partial charge is 0.444 e. The molecule has 6 heteroatoms. The Morgan fingerprint density at radius 3 is 2.25 bits per heavy atom. The normalized spacial score (nSPS) is 20.8. The Bertz CT molecular complexity index is 433. The lowest BCUT2D eigenvalue weighted by Gasteiger charge is -2.37. The fourth-order valence-electron chi connectivity index (χ4n) is 3.45. The number of carbonyl (C=O) groups is 2. The molecule has 0 bridgehead atoms. The van der Waals surface area contributed by atoms with Crippen molar-refractivity contribution in [3.63, 3.8) is 0 Å². The number of nitrogens with zero attached hydrogens (tertiary/aromatic N) is 2. The zero-order chi connectivity index (χ0) is 17.7. The van der Waals surface area contributed by atoms with E-state index in [-0.39, 0.29) is 18.0 Å². The van der Waals surface area contributed by atoms with Crippen LogP contribution in [0.4, 0.5) is 4.79 Å². The van der Waals surface area contributed by atoms with Crippen LogP contribution in [0.1, 0.15) is 52.9 Å². The van der Waals surface area contributed by atoms with Gasteiger partial charge in [0.1, 0.15) is 5.60 Å². The van der Waals surface area contributed by atoms with Crippen molar-refractivity contribution < 1.29 is 14.3 Å². The minimum atomic E-state index is -0.475. The number of hydrogen-bond acceptors (Lipinski definition) is 4. The van der Waals surface area contributed by atoms with Crippen LogP contribution in [-0.2, 0) is 9.53 Å². The molecule has 0 unspecified atom stereocenters. The molecule has 2 fully saturated rings. The second-order valence-electron chi connectivity index (χ2n) is 8.10. The van der Waals surface area contributed by atoms with Gasteiger partial charge in [-0.1, -0.05) is 0 Å². The highest BCUT2D eigenvalue weighted by Crippen LogP contribution is 2.22. The SMILES string of the molecule is CN(C(=O)OC(C)(C)C)C1CCN(C(=O)CC2CCNCC2)CC1. The van der Waals surface area contributed by atoms with Crippen LogP contribution in [0.25, 0.3) is 0 Å². The van der Waals surface area contributed by atoms with Gasteiger partial charge in [0.15, 0.2) is 0 Å². The van der Waals surface area contributed by atoms with Gasteiger partial charge >= 0.3 is 6.09 Å². The lowest BCUT2D eigenvalue weighted by Crippen LogP contribution is -2.48. The summed E-state index contributed by atoms with van der Waals surface area (Å²) < 4.78 is 5.43. The highest BCUT2D eigenvalue weighted by molar-refractivity contribution is 5.76. The zero-order valence-corrected chi connectivity index (χ0v) is 15.6. The number of amides is 2. The van der Waals surface area contributed by atoms with E-state index in [1.807, 2.05) is 25.7 Å². The van der Waals surface area contributed by atoms with Crippen LogP contribution in [0.2, 0.25) is 0 Å². The van der Waals surface area contributed by atoms with Crippen LogP contribution in [0.5, 0.6) is 0 Å². The van der Waals surface area contributed by atoms with Crippen molar-refractivity contribution in [2.24, 2.45) is 5.92 Å². The molecule has 2 rings (SSSR count). The van der Waals surface area contributed by atoms with E-state index in [1.54, 1.807) is 11.9 Å². The molecular formula is C18H33N3O3. The molecule has 24 heavy (non-hydrogen) atoms. The maximum absolute atomic E-state index is 12.5. The number of ether oxygens (including phenoxy) is 1. The molecule has 0 aromatic rings. The Hall–Kier alpha value is -1.30. The molecule has 2 aliphatic heterocycles. The third kappa shape index (κ3) is 5.65. The van der Waals surface area contributed by atoms with E-state index in [0.29, 0.717) is 12.3 Å². The lowest BCUT2D eigenvalue weighted by molar-refractivity contribution is -0.133. The second kappa shape index (κ2) is 8.19. The van der Waals surface area contributed by atoms with Crippen LogP contribution >= 0.6 is 0 Å². The van der Waals surface area contributed by atoms with Crippen molar-refractivity contribution in [3.05, 3.63) is 0 Å². The van der Waals surface area contributed by atoms with Gasteiger partial charge in [-0.05, 0) is 65.5 Å². The van der Waals surface area contributed by atoms with E-state index in [4.69, 9.17) is 4.74 Å². The van der Waals surface area contributed by atoms with E-state index >= 15 is 0 Å². The summed E-state index contributed by atoms with van der Waals surface area (Å²) in [6.45, 7) is 9.16. The van der Waals surface area contributed by atoms with E-state index in [0.717, 1.165) is 51.9 Å². The number of hydrogen-bond donors (Lipinski definition) is 1. The van der Waals surface area contributed by atoms with Crippen LogP contribution < -0.4 is 5.32 Å². The highest BCUT2D eigenvalue weighted by Gasteiger charge is 2.30. The standard InChI is InChI=1S/C18H33N3O3/c1-18(2,3)24-17(23)20(4)15-7-11-21(12-8-15)16(22)13-14-5-9-19-10-6-14/h14-15,19H,5-13H2,1-4H3. The summed E-state index contributed by atoms with van der Waals surface area (Å²) >= 11 is 0. The van der Waals surface area contributed by atoms with Crippen LogP contribution in [0.3, 0.4) is 0 Å². The van der Waals surface area contributed by atoms with Gasteiger partial charge in [-0.2, -0.15) is 0 Å². The molecule has 1 N–H and O–H groups in total. The topological polar surface area (TPSA) is 61.9 Å². The van der Waals surface area contributed by atoms with Crippen molar-refractivity contribution in [2.45, 2.75) is 64.5 Å². The molecule has 2 heterocycles. The molecule has 0 aromatic carbocycles. The predicted octanol–water partition coefficient (Wildman–Crippen LogP) is 2.23. The summed E-state index contributed by atoms with van der Waals surface area (Å²) in [5.41, 5.74) is -0.475. The molecule has 0 aromatic heterocycles. The Morgan fingerprint density at radius 2 is 1.71 bits per heavy atom. The molecule has 138 valence electrons. The van der Waals surface area contributed by atoms with Crippen molar-refractivity contribution in [2.75, 3.05) is 33.2 Å². The smallest absolute Gasteiger partial charge is 0.410 e. The van der Waals surface area contributed by atoms with Crippen molar-refractivity contribution >= 4 is 12.0 Å². The minimum Gasteiger partial charge on any atom is -0.444 e. The Balaban J connectivity index is 1.75. The van der Waals surface area contributed by atoms with E-state index in [1.165, 1.54) is 0 Å². The van der Waals surface area contributed by atoms with Gasteiger partial charge in [-0.3, -0.25) is 4.79 Å². The van der Waals surface area contributed by atoms with Gasteiger partial charge in [0.2, 0.25) is 5.91 Å². The zero-order valence-electron chi connectivity index (χ0n) is 15.6. The molecule has 0 spiro atoms. The maximum atomic E-state index is 12.5. The highest BCUT2D eigenvalue weighted by atomic mass is 16.6. The Labute approximate surface area is 145 Å². The molecule has 0 saturated carbocycles. The first-order valence-electron chi connectivity index (χ1n) is 9.20. The summed E-state index contributed by atoms with van der Waals surface area (Å²) in [5.74, 6) is 0.807. The number of nitrogens with one attached hydrogen (secondary N) is 1. The van der Waals surface area contributed by atoms with Crippen LogP contribution in [0, 0.1) is 5.92 Å². The quantitative estimate of drug-likeness (QED) is 0.856. The number of likely N-dealkylation sites (tertiary alicyclic amines) is 1. The van der Waals surface area contributed by atoms with Gasteiger partial charge in [-0.15, -0.1) is 0 Å². The Kier molecular flexibility index (Phi) is 6.49. The van der Waals surface area contributed by atoms with Crippen LogP contribution in [0.15, 0.2) is 0 Å². The number of piperidine rings is 2. The fraction of sp³-hybridized carbons (Fsp3) is 0.889. The van der Waals surface area contributed by atoms with Gasteiger partial charge in [0, 0.05) is 32.6 Å². The maximum Gasteiger partial charge on any atom is 0.410 e. The summed E-state index contributed by atoms with van der Waals surface area (Å²) in [6.07, 6.45) is 4.25. The number of rotatable bonds is 3. The van der Waals surface area contributed by atoms with Gasteiger partial charge in [0.05, 0.1) is 0 Å².